The van der Waals surface area contributed by atoms with E-state index in [4.69, 9.17) is 16.3 Å². The molecule has 1 N–H and O–H groups in total. The predicted octanol–water partition coefficient (Wildman–Crippen LogP) is 6.49. The van der Waals surface area contributed by atoms with E-state index < -0.39 is 5.41 Å². The summed E-state index contributed by atoms with van der Waals surface area (Å²) in [7, 11) is 0. The summed E-state index contributed by atoms with van der Waals surface area (Å²) in [4.78, 5) is 24.4. The van der Waals surface area contributed by atoms with Crippen molar-refractivity contribution in [1.29, 1.82) is 0 Å². The van der Waals surface area contributed by atoms with Gasteiger partial charge in [-0.1, -0.05) is 71.4 Å². The quantitative estimate of drug-likeness (QED) is 0.284. The van der Waals surface area contributed by atoms with Crippen LogP contribution in [0.4, 0.5) is 0 Å². The van der Waals surface area contributed by atoms with E-state index in [1.807, 2.05) is 12.1 Å². The van der Waals surface area contributed by atoms with Gasteiger partial charge >= 0.3 is 5.97 Å². The maximum Gasteiger partial charge on any atom is 0.307 e. The first-order chi connectivity index (χ1) is 14.8. The molecule has 0 heterocycles. The van der Waals surface area contributed by atoms with Crippen molar-refractivity contribution >= 4 is 23.5 Å². The molecule has 180 valence electrons. The zero-order valence-electron chi connectivity index (χ0n) is 21.0. The van der Waals surface area contributed by atoms with Gasteiger partial charge in [-0.25, -0.2) is 0 Å². The van der Waals surface area contributed by atoms with E-state index in [2.05, 4.69) is 65.6 Å². The fourth-order valence-corrected chi connectivity index (χ4v) is 4.50. The summed E-state index contributed by atoms with van der Waals surface area (Å²) in [5.41, 5.74) is 1.92. The zero-order chi connectivity index (χ0) is 24.5. The molecule has 1 amide bonds. The summed E-state index contributed by atoms with van der Waals surface area (Å²) in [5, 5.41) is 3.61. The normalized spacial score (nSPS) is 14.5. The highest BCUT2D eigenvalue weighted by Crippen LogP contribution is 2.42. The SMILES string of the molecule is C=CC(C(C)C)C(C)(CC(=O)NCCC(=O)OCC)c1ccc(CCC(C)(C)C)c(Cl)c1. The number of ether oxygens (including phenoxy) is 1. The first-order valence-electron chi connectivity index (χ1n) is 11.7. The van der Waals surface area contributed by atoms with Crippen LogP contribution in [0.5, 0.6) is 0 Å². The maximum absolute atomic E-state index is 12.8. The molecule has 0 saturated heterocycles. The smallest absolute Gasteiger partial charge is 0.307 e. The molecule has 0 saturated carbocycles. The van der Waals surface area contributed by atoms with Crippen LogP contribution >= 0.6 is 11.6 Å². The molecule has 0 spiro atoms. The Morgan fingerprint density at radius 1 is 1.22 bits per heavy atom. The molecule has 1 aromatic carbocycles. The number of aryl methyl sites for hydroxylation is 1. The Bertz CT molecular complexity index is 782. The van der Waals surface area contributed by atoms with Gasteiger partial charge in [0.05, 0.1) is 13.0 Å². The van der Waals surface area contributed by atoms with Crippen molar-refractivity contribution in [3.63, 3.8) is 0 Å². The fraction of sp³-hybridized carbons (Fsp3) is 0.630. The second-order valence-electron chi connectivity index (χ2n) is 10.4. The second-order valence-corrected chi connectivity index (χ2v) is 10.8. The van der Waals surface area contributed by atoms with Gasteiger partial charge in [0.25, 0.3) is 0 Å². The zero-order valence-corrected chi connectivity index (χ0v) is 21.8. The lowest BCUT2D eigenvalue weighted by Gasteiger charge is -2.39. The van der Waals surface area contributed by atoms with Gasteiger partial charge in [-0.2, -0.15) is 0 Å². The summed E-state index contributed by atoms with van der Waals surface area (Å²) < 4.78 is 4.93. The molecule has 0 aliphatic heterocycles. The van der Waals surface area contributed by atoms with E-state index >= 15 is 0 Å². The van der Waals surface area contributed by atoms with Crippen molar-refractivity contribution in [3.8, 4) is 0 Å². The Hall–Kier alpha value is -1.81. The molecule has 2 atom stereocenters. The second kappa shape index (κ2) is 12.4. The van der Waals surface area contributed by atoms with Crippen LogP contribution in [0.2, 0.25) is 5.02 Å². The number of esters is 1. The van der Waals surface area contributed by atoms with E-state index in [1.165, 1.54) is 0 Å². The van der Waals surface area contributed by atoms with Gasteiger partial charge in [-0.05, 0) is 54.2 Å². The van der Waals surface area contributed by atoms with Crippen LogP contribution in [0.25, 0.3) is 0 Å². The summed E-state index contributed by atoms with van der Waals surface area (Å²) in [6.45, 7) is 19.5. The van der Waals surface area contributed by atoms with Gasteiger partial charge in [0.15, 0.2) is 0 Å². The van der Waals surface area contributed by atoms with Crippen molar-refractivity contribution in [1.82, 2.24) is 5.32 Å². The lowest BCUT2D eigenvalue weighted by molar-refractivity contribution is -0.143. The number of hydrogen-bond donors (Lipinski definition) is 1. The third kappa shape index (κ3) is 8.61. The summed E-state index contributed by atoms with van der Waals surface area (Å²) in [6.07, 6.45) is 4.36. The number of carbonyl (C=O) groups excluding carboxylic acids is 2. The molecule has 4 nitrogen and oxygen atoms in total. The molecule has 5 heteroatoms. The predicted molar refractivity (Wildman–Crippen MR) is 134 cm³/mol. The Morgan fingerprint density at radius 3 is 2.38 bits per heavy atom. The van der Waals surface area contributed by atoms with Crippen LogP contribution in [0, 0.1) is 17.3 Å². The number of hydrogen-bond acceptors (Lipinski definition) is 3. The van der Waals surface area contributed by atoms with Crippen LogP contribution < -0.4 is 5.32 Å². The molecule has 0 bridgehead atoms. The highest BCUT2D eigenvalue weighted by molar-refractivity contribution is 6.31. The van der Waals surface area contributed by atoms with Gasteiger partial charge in [-0.15, -0.1) is 6.58 Å². The summed E-state index contributed by atoms with van der Waals surface area (Å²) >= 11 is 6.70. The van der Waals surface area contributed by atoms with Crippen molar-refractivity contribution in [3.05, 3.63) is 47.0 Å². The average Bonchev–Trinajstić information content (AvgIpc) is 2.66. The number of amides is 1. The summed E-state index contributed by atoms with van der Waals surface area (Å²) in [5.74, 6) is -0.0319. The molecule has 2 unspecified atom stereocenters. The van der Waals surface area contributed by atoms with Crippen molar-refractivity contribution < 1.29 is 14.3 Å². The monoisotopic (exact) mass is 463 g/mol. The van der Waals surface area contributed by atoms with Crippen LogP contribution in [0.3, 0.4) is 0 Å². The minimum Gasteiger partial charge on any atom is -0.466 e. The molecule has 0 aliphatic rings. The maximum atomic E-state index is 12.8. The van der Waals surface area contributed by atoms with Gasteiger partial charge < -0.3 is 10.1 Å². The Balaban J connectivity index is 3.10. The molecule has 0 fully saturated rings. The van der Waals surface area contributed by atoms with Gasteiger partial charge in [0, 0.05) is 23.4 Å². The summed E-state index contributed by atoms with van der Waals surface area (Å²) in [6, 6.07) is 6.22. The largest absolute Gasteiger partial charge is 0.466 e. The lowest BCUT2D eigenvalue weighted by atomic mass is 9.65. The van der Waals surface area contributed by atoms with E-state index in [9.17, 15) is 9.59 Å². The molecular formula is C27H42ClNO3. The molecule has 1 aromatic rings. The molecule has 0 aromatic heterocycles. The minimum absolute atomic E-state index is 0.0785. The Kier molecular flexibility index (Phi) is 11.0. The fourth-order valence-electron chi connectivity index (χ4n) is 4.23. The van der Waals surface area contributed by atoms with Gasteiger partial charge in [0.1, 0.15) is 0 Å². The lowest BCUT2D eigenvalue weighted by Crippen LogP contribution is -2.40. The molecular weight excluding hydrogens is 422 g/mol. The van der Waals surface area contributed by atoms with Crippen molar-refractivity contribution in [2.75, 3.05) is 13.2 Å². The number of rotatable bonds is 12. The molecule has 0 aliphatic carbocycles. The Labute approximate surface area is 200 Å². The van der Waals surface area contributed by atoms with Crippen molar-refractivity contribution in [2.24, 2.45) is 17.3 Å². The average molecular weight is 464 g/mol. The van der Waals surface area contributed by atoms with E-state index in [-0.39, 0.29) is 42.6 Å². The Morgan fingerprint density at radius 2 is 1.88 bits per heavy atom. The standard InChI is InChI=1S/C27H42ClNO3/c1-9-22(19(3)4)27(8,18-24(30)29-16-14-25(31)32-10-2)21-12-11-20(23(28)17-21)13-15-26(5,6)7/h9,11-12,17,19,22H,1,10,13-16,18H2,2-8H3,(H,29,30). The number of nitrogens with one attached hydrogen (secondary N) is 1. The van der Waals surface area contributed by atoms with Crippen LogP contribution in [-0.2, 0) is 26.2 Å². The highest BCUT2D eigenvalue weighted by Gasteiger charge is 2.38. The first kappa shape index (κ1) is 28.2. The van der Waals surface area contributed by atoms with E-state index in [1.54, 1.807) is 6.92 Å². The molecule has 32 heavy (non-hydrogen) atoms. The van der Waals surface area contributed by atoms with Gasteiger partial charge in [-0.3, -0.25) is 9.59 Å². The number of allylic oxidation sites excluding steroid dienone is 1. The number of halogens is 1. The van der Waals surface area contributed by atoms with E-state index in [0.717, 1.165) is 29.0 Å². The van der Waals surface area contributed by atoms with Gasteiger partial charge in [0.2, 0.25) is 5.91 Å². The molecule has 0 radical (unpaired) electrons. The first-order valence-corrected chi connectivity index (χ1v) is 12.1. The van der Waals surface area contributed by atoms with Crippen molar-refractivity contribution in [2.45, 2.75) is 79.6 Å². The number of benzene rings is 1. The van der Waals surface area contributed by atoms with E-state index in [0.29, 0.717) is 12.5 Å². The highest BCUT2D eigenvalue weighted by atomic mass is 35.5. The minimum atomic E-state index is -0.476. The third-order valence-corrected chi connectivity index (χ3v) is 6.40. The third-order valence-electron chi connectivity index (χ3n) is 6.05. The number of carbonyl (C=O) groups is 2. The van der Waals surface area contributed by atoms with Crippen LogP contribution in [0.1, 0.15) is 78.9 Å². The molecule has 1 rings (SSSR count). The van der Waals surface area contributed by atoms with Crippen LogP contribution in [0.15, 0.2) is 30.9 Å². The topological polar surface area (TPSA) is 55.4 Å². The van der Waals surface area contributed by atoms with Crippen LogP contribution in [-0.4, -0.2) is 25.0 Å².